The van der Waals surface area contributed by atoms with E-state index in [0.717, 1.165) is 5.52 Å². The van der Waals surface area contributed by atoms with Gasteiger partial charge in [0.05, 0.1) is 12.6 Å². The van der Waals surface area contributed by atoms with Crippen LogP contribution < -0.4 is 4.74 Å². The monoisotopic (exact) mass is 173 g/mol. The van der Waals surface area contributed by atoms with E-state index in [1.165, 1.54) is 0 Å². The van der Waals surface area contributed by atoms with Gasteiger partial charge in [0.1, 0.15) is 11.8 Å². The third-order valence-electron chi connectivity index (χ3n) is 1.80. The van der Waals surface area contributed by atoms with Gasteiger partial charge in [0.2, 0.25) is 5.88 Å². The second-order valence-corrected chi connectivity index (χ2v) is 2.54. The first kappa shape index (κ1) is 7.62. The van der Waals surface area contributed by atoms with Crippen molar-refractivity contribution in [2.24, 2.45) is 0 Å². The molecule has 0 saturated carbocycles. The van der Waals surface area contributed by atoms with E-state index < -0.39 is 0 Å². The van der Waals surface area contributed by atoms with Crippen molar-refractivity contribution in [2.75, 3.05) is 7.11 Å². The van der Waals surface area contributed by atoms with Crippen LogP contribution in [0.4, 0.5) is 0 Å². The number of ether oxygens (including phenoxy) is 1. The molecule has 2 heterocycles. The number of hydrogen-bond donors (Lipinski definition) is 0. The fraction of sp³-hybridized carbons (Fsp3) is 0.111. The van der Waals surface area contributed by atoms with Crippen molar-refractivity contribution >= 4 is 5.52 Å². The van der Waals surface area contributed by atoms with Gasteiger partial charge >= 0.3 is 0 Å². The third-order valence-corrected chi connectivity index (χ3v) is 1.80. The van der Waals surface area contributed by atoms with E-state index >= 15 is 0 Å². The van der Waals surface area contributed by atoms with Gasteiger partial charge in [0.25, 0.3) is 0 Å². The Morgan fingerprint density at radius 2 is 2.15 bits per heavy atom. The molecule has 0 aliphatic rings. The molecule has 0 bridgehead atoms. The molecule has 0 aliphatic heterocycles. The smallest absolute Gasteiger partial charge is 0.231 e. The Hall–Kier alpha value is -2.02. The first-order valence-corrected chi connectivity index (χ1v) is 3.78. The number of aromatic nitrogens is 2. The summed E-state index contributed by atoms with van der Waals surface area (Å²) in [6.07, 6.45) is 0. The van der Waals surface area contributed by atoms with Crippen LogP contribution in [0.3, 0.4) is 0 Å². The molecule has 0 spiro atoms. The molecule has 2 aromatic rings. The summed E-state index contributed by atoms with van der Waals surface area (Å²) in [5, 5.41) is 12.8. The minimum absolute atomic E-state index is 0.500. The van der Waals surface area contributed by atoms with Gasteiger partial charge in [0.15, 0.2) is 0 Å². The van der Waals surface area contributed by atoms with Gasteiger partial charge in [0, 0.05) is 6.07 Å². The highest BCUT2D eigenvalue weighted by Gasteiger charge is 2.02. The summed E-state index contributed by atoms with van der Waals surface area (Å²) in [6.45, 7) is 0. The zero-order valence-corrected chi connectivity index (χ0v) is 7.06. The maximum atomic E-state index is 8.74. The molecule has 0 aromatic carbocycles. The number of nitriles is 1. The predicted octanol–water partition coefficient (Wildman–Crippen LogP) is 1.21. The summed E-state index contributed by atoms with van der Waals surface area (Å²) in [5.74, 6) is 0.500. The summed E-state index contributed by atoms with van der Waals surface area (Å²) in [6, 6.07) is 9.22. The Balaban J connectivity index is 2.73. The number of hydrogen-bond acceptors (Lipinski definition) is 3. The molecular formula is C9H7N3O. The quantitative estimate of drug-likeness (QED) is 0.651. The number of rotatable bonds is 1. The maximum Gasteiger partial charge on any atom is 0.231 e. The molecule has 0 unspecified atom stereocenters. The second kappa shape index (κ2) is 2.79. The van der Waals surface area contributed by atoms with Crippen molar-refractivity contribution in [1.29, 1.82) is 5.26 Å². The molecule has 0 radical (unpaired) electrons. The molecule has 13 heavy (non-hydrogen) atoms. The Labute approximate surface area is 75.0 Å². The van der Waals surface area contributed by atoms with Crippen LogP contribution in [0.25, 0.3) is 5.52 Å². The van der Waals surface area contributed by atoms with Crippen LogP contribution in [0, 0.1) is 11.3 Å². The molecule has 0 fully saturated rings. The lowest BCUT2D eigenvalue weighted by atomic mass is 10.4. The molecular weight excluding hydrogens is 166 g/mol. The Kier molecular flexibility index (Phi) is 1.64. The summed E-state index contributed by atoms with van der Waals surface area (Å²) in [5.41, 5.74) is 1.39. The van der Waals surface area contributed by atoms with Crippen LogP contribution in [-0.2, 0) is 0 Å². The third kappa shape index (κ3) is 1.11. The largest absolute Gasteiger partial charge is 0.480 e. The highest BCUT2D eigenvalue weighted by Crippen LogP contribution is 2.11. The fourth-order valence-corrected chi connectivity index (χ4v) is 1.16. The molecule has 2 rings (SSSR count). The molecule has 0 N–H and O–H groups in total. The van der Waals surface area contributed by atoms with Gasteiger partial charge in [-0.15, -0.1) is 5.10 Å². The van der Waals surface area contributed by atoms with Crippen LogP contribution >= 0.6 is 0 Å². The summed E-state index contributed by atoms with van der Waals surface area (Å²) in [7, 11) is 1.55. The maximum absolute atomic E-state index is 8.74. The standard InChI is InChI=1S/C9H7N3O/c1-13-9-5-4-7-2-3-8(6-10)12(7)11-9/h2-5H,1H3. The number of methoxy groups -OCH3 is 1. The lowest BCUT2D eigenvalue weighted by molar-refractivity contribution is 0.390. The van der Waals surface area contributed by atoms with Crippen LogP contribution in [0.1, 0.15) is 5.69 Å². The SMILES string of the molecule is COc1ccc2ccc(C#N)n2n1. The zero-order valence-electron chi connectivity index (χ0n) is 7.06. The highest BCUT2D eigenvalue weighted by atomic mass is 16.5. The van der Waals surface area contributed by atoms with Crippen molar-refractivity contribution in [2.45, 2.75) is 0 Å². The number of fused-ring (bicyclic) bond motifs is 1. The lowest BCUT2D eigenvalue weighted by Gasteiger charge is -1.99. The van der Waals surface area contributed by atoms with Crippen molar-refractivity contribution in [3.05, 3.63) is 30.0 Å². The number of nitrogens with zero attached hydrogens (tertiary/aromatic N) is 3. The lowest BCUT2D eigenvalue weighted by Crippen LogP contribution is -1.96. The fourth-order valence-electron chi connectivity index (χ4n) is 1.16. The first-order valence-electron chi connectivity index (χ1n) is 3.78. The van der Waals surface area contributed by atoms with E-state index in [2.05, 4.69) is 5.10 Å². The van der Waals surface area contributed by atoms with Crippen LogP contribution in [0.2, 0.25) is 0 Å². The van der Waals surface area contributed by atoms with Crippen LogP contribution in [0.5, 0.6) is 5.88 Å². The minimum Gasteiger partial charge on any atom is -0.480 e. The minimum atomic E-state index is 0.500. The van der Waals surface area contributed by atoms with Crippen LogP contribution in [0.15, 0.2) is 24.3 Å². The van der Waals surface area contributed by atoms with Crippen LogP contribution in [-0.4, -0.2) is 16.7 Å². The Morgan fingerprint density at radius 3 is 2.85 bits per heavy atom. The van der Waals surface area contributed by atoms with Crippen molar-refractivity contribution in [3.8, 4) is 11.9 Å². The topological polar surface area (TPSA) is 50.3 Å². The normalized spacial score (nSPS) is 9.85. The Morgan fingerprint density at radius 1 is 1.38 bits per heavy atom. The van der Waals surface area contributed by atoms with E-state index in [9.17, 15) is 0 Å². The molecule has 4 heteroatoms. The zero-order chi connectivity index (χ0) is 9.26. The van der Waals surface area contributed by atoms with E-state index in [-0.39, 0.29) is 0 Å². The average molecular weight is 173 g/mol. The molecule has 2 aromatic heterocycles. The predicted molar refractivity (Wildman–Crippen MR) is 46.5 cm³/mol. The van der Waals surface area contributed by atoms with E-state index in [4.69, 9.17) is 10.00 Å². The van der Waals surface area contributed by atoms with Crippen molar-refractivity contribution in [1.82, 2.24) is 9.61 Å². The van der Waals surface area contributed by atoms with Crippen molar-refractivity contribution in [3.63, 3.8) is 0 Å². The molecule has 0 amide bonds. The molecule has 0 atom stereocenters. The first-order chi connectivity index (χ1) is 6.35. The molecule has 64 valence electrons. The average Bonchev–Trinajstić information content (AvgIpc) is 2.59. The summed E-state index contributed by atoms with van der Waals surface area (Å²) < 4.78 is 6.50. The van der Waals surface area contributed by atoms with Crippen molar-refractivity contribution < 1.29 is 4.74 Å². The van der Waals surface area contributed by atoms with E-state index in [1.807, 2.05) is 18.2 Å². The summed E-state index contributed by atoms with van der Waals surface area (Å²) >= 11 is 0. The van der Waals surface area contributed by atoms with E-state index in [1.54, 1.807) is 23.8 Å². The molecule has 4 nitrogen and oxygen atoms in total. The van der Waals surface area contributed by atoms with Gasteiger partial charge in [-0.1, -0.05) is 0 Å². The van der Waals surface area contributed by atoms with Gasteiger partial charge in [-0.3, -0.25) is 0 Å². The Bertz CT molecular complexity index is 481. The van der Waals surface area contributed by atoms with Gasteiger partial charge < -0.3 is 4.74 Å². The molecule has 0 saturated heterocycles. The van der Waals surface area contributed by atoms with E-state index in [0.29, 0.717) is 11.6 Å². The second-order valence-electron chi connectivity index (χ2n) is 2.54. The van der Waals surface area contributed by atoms with Gasteiger partial charge in [-0.25, -0.2) is 4.52 Å². The highest BCUT2D eigenvalue weighted by molar-refractivity contribution is 5.51. The molecule has 0 aliphatic carbocycles. The van der Waals surface area contributed by atoms with Gasteiger partial charge in [-0.2, -0.15) is 5.26 Å². The van der Waals surface area contributed by atoms with Gasteiger partial charge in [-0.05, 0) is 18.2 Å². The summed E-state index contributed by atoms with van der Waals surface area (Å²) in [4.78, 5) is 0.